The van der Waals surface area contributed by atoms with E-state index < -0.39 is 5.97 Å². The molecule has 0 aliphatic carbocycles. The summed E-state index contributed by atoms with van der Waals surface area (Å²) in [6, 6.07) is 3.39. The van der Waals surface area contributed by atoms with Crippen molar-refractivity contribution in [2.75, 3.05) is 31.3 Å². The molecule has 0 aliphatic rings. The molecule has 94 valence electrons. The standard InChI is InChI=1S/C12H18N2O3/c1-8-6-9(14-4-3-5-17-2)7-10(11(8)13)12(15)16/h6-7,14H,3-5,13H2,1-2H3,(H,15,16). The number of carboxylic acid groups (broad SMARTS) is 1. The van der Waals surface area contributed by atoms with Crippen molar-refractivity contribution in [1.82, 2.24) is 0 Å². The zero-order chi connectivity index (χ0) is 12.8. The van der Waals surface area contributed by atoms with E-state index in [0.29, 0.717) is 12.3 Å². The van der Waals surface area contributed by atoms with Gasteiger partial charge in [-0.3, -0.25) is 0 Å². The Morgan fingerprint density at radius 2 is 2.24 bits per heavy atom. The van der Waals surface area contributed by atoms with Crippen molar-refractivity contribution < 1.29 is 14.6 Å². The highest BCUT2D eigenvalue weighted by Crippen LogP contribution is 2.22. The summed E-state index contributed by atoms with van der Waals surface area (Å²) >= 11 is 0. The molecule has 0 aliphatic heterocycles. The summed E-state index contributed by atoms with van der Waals surface area (Å²) in [7, 11) is 1.65. The molecule has 0 amide bonds. The average Bonchev–Trinajstić information content (AvgIpc) is 2.28. The van der Waals surface area contributed by atoms with Crippen LogP contribution in [0.2, 0.25) is 0 Å². The predicted molar refractivity (Wildman–Crippen MR) is 67.5 cm³/mol. The summed E-state index contributed by atoms with van der Waals surface area (Å²) in [5.41, 5.74) is 7.69. The van der Waals surface area contributed by atoms with Crippen LogP contribution in [0.5, 0.6) is 0 Å². The number of methoxy groups -OCH3 is 1. The number of nitrogens with two attached hydrogens (primary N) is 1. The molecule has 0 heterocycles. The van der Waals surface area contributed by atoms with E-state index in [1.807, 2.05) is 6.07 Å². The molecule has 0 atom stereocenters. The number of nitrogen functional groups attached to an aromatic ring is 1. The highest BCUT2D eigenvalue weighted by atomic mass is 16.5. The zero-order valence-corrected chi connectivity index (χ0v) is 10.1. The Kier molecular flexibility index (Phi) is 4.78. The molecular weight excluding hydrogens is 220 g/mol. The molecule has 0 saturated heterocycles. The largest absolute Gasteiger partial charge is 0.478 e. The first-order chi connectivity index (χ1) is 8.06. The van der Waals surface area contributed by atoms with Crippen molar-refractivity contribution in [3.05, 3.63) is 23.3 Å². The SMILES string of the molecule is COCCCNc1cc(C)c(N)c(C(=O)O)c1. The third kappa shape index (κ3) is 3.64. The highest BCUT2D eigenvalue weighted by molar-refractivity contribution is 5.95. The van der Waals surface area contributed by atoms with E-state index in [1.165, 1.54) is 0 Å². The van der Waals surface area contributed by atoms with Crippen LogP contribution >= 0.6 is 0 Å². The van der Waals surface area contributed by atoms with Gasteiger partial charge in [0.05, 0.1) is 5.56 Å². The maximum absolute atomic E-state index is 11.0. The second-order valence-electron chi connectivity index (χ2n) is 3.83. The number of anilines is 2. The lowest BCUT2D eigenvalue weighted by Crippen LogP contribution is -2.09. The summed E-state index contributed by atoms with van der Waals surface area (Å²) in [5, 5.41) is 12.1. The molecular formula is C12H18N2O3. The number of aryl methyl sites for hydroxylation is 1. The first-order valence-electron chi connectivity index (χ1n) is 5.42. The Bertz CT molecular complexity index is 405. The van der Waals surface area contributed by atoms with E-state index in [4.69, 9.17) is 15.6 Å². The molecule has 1 rings (SSSR count). The molecule has 0 saturated carbocycles. The number of ether oxygens (including phenoxy) is 1. The van der Waals surface area contributed by atoms with Gasteiger partial charge >= 0.3 is 5.97 Å². The Labute approximate surface area is 101 Å². The maximum atomic E-state index is 11.0. The summed E-state index contributed by atoms with van der Waals surface area (Å²) in [4.78, 5) is 11.0. The lowest BCUT2D eigenvalue weighted by atomic mass is 10.1. The van der Waals surface area contributed by atoms with Crippen molar-refractivity contribution in [2.24, 2.45) is 0 Å². The van der Waals surface area contributed by atoms with Gasteiger partial charge in [0, 0.05) is 31.6 Å². The van der Waals surface area contributed by atoms with Gasteiger partial charge in [-0.2, -0.15) is 0 Å². The normalized spacial score (nSPS) is 10.2. The van der Waals surface area contributed by atoms with E-state index in [9.17, 15) is 4.79 Å². The lowest BCUT2D eigenvalue weighted by Gasteiger charge is -2.11. The number of hydrogen-bond acceptors (Lipinski definition) is 4. The van der Waals surface area contributed by atoms with Crippen LogP contribution in [0.25, 0.3) is 0 Å². The quantitative estimate of drug-likeness (QED) is 0.519. The summed E-state index contributed by atoms with van der Waals surface area (Å²) in [6.45, 7) is 3.20. The van der Waals surface area contributed by atoms with Gasteiger partial charge in [0.25, 0.3) is 0 Å². The maximum Gasteiger partial charge on any atom is 0.337 e. The number of hydrogen-bond donors (Lipinski definition) is 3. The number of rotatable bonds is 6. The fourth-order valence-corrected chi connectivity index (χ4v) is 1.53. The minimum Gasteiger partial charge on any atom is -0.478 e. The minimum absolute atomic E-state index is 0.138. The molecule has 1 aromatic rings. The van der Waals surface area contributed by atoms with Crippen molar-refractivity contribution in [2.45, 2.75) is 13.3 Å². The first-order valence-corrected chi connectivity index (χ1v) is 5.42. The second-order valence-corrected chi connectivity index (χ2v) is 3.83. The number of aromatic carboxylic acids is 1. The molecule has 0 unspecified atom stereocenters. The minimum atomic E-state index is -1.01. The molecule has 0 spiro atoms. The monoisotopic (exact) mass is 238 g/mol. The number of carbonyl (C=O) groups is 1. The fourth-order valence-electron chi connectivity index (χ4n) is 1.53. The predicted octanol–water partition coefficient (Wildman–Crippen LogP) is 1.72. The van der Waals surface area contributed by atoms with Gasteiger partial charge in [0.15, 0.2) is 0 Å². The Morgan fingerprint density at radius 3 is 2.82 bits per heavy atom. The smallest absolute Gasteiger partial charge is 0.337 e. The Morgan fingerprint density at radius 1 is 1.53 bits per heavy atom. The molecule has 0 aromatic heterocycles. The van der Waals surface area contributed by atoms with Gasteiger partial charge in [-0.25, -0.2) is 4.79 Å². The van der Waals surface area contributed by atoms with Crippen molar-refractivity contribution in [3.63, 3.8) is 0 Å². The average molecular weight is 238 g/mol. The van der Waals surface area contributed by atoms with Gasteiger partial charge in [0.1, 0.15) is 0 Å². The molecule has 5 nitrogen and oxygen atoms in total. The van der Waals surface area contributed by atoms with Crippen LogP contribution < -0.4 is 11.1 Å². The molecule has 0 bridgehead atoms. The van der Waals surface area contributed by atoms with Gasteiger partial charge in [-0.15, -0.1) is 0 Å². The van der Waals surface area contributed by atoms with Crippen LogP contribution in [0.3, 0.4) is 0 Å². The summed E-state index contributed by atoms with van der Waals surface area (Å²) < 4.78 is 4.93. The number of nitrogens with one attached hydrogen (secondary N) is 1. The highest BCUT2D eigenvalue weighted by Gasteiger charge is 2.11. The van der Waals surface area contributed by atoms with Gasteiger partial charge in [0.2, 0.25) is 0 Å². The van der Waals surface area contributed by atoms with Gasteiger partial charge in [-0.1, -0.05) is 0 Å². The van der Waals surface area contributed by atoms with Crippen LogP contribution in [-0.2, 0) is 4.74 Å². The van der Waals surface area contributed by atoms with Crippen LogP contribution in [-0.4, -0.2) is 31.3 Å². The number of carboxylic acids is 1. The summed E-state index contributed by atoms with van der Waals surface area (Å²) in [5.74, 6) is -1.01. The first kappa shape index (κ1) is 13.3. The van der Waals surface area contributed by atoms with E-state index >= 15 is 0 Å². The Hall–Kier alpha value is -1.75. The third-order valence-electron chi connectivity index (χ3n) is 2.47. The van der Waals surface area contributed by atoms with Crippen molar-refractivity contribution >= 4 is 17.3 Å². The molecule has 5 heteroatoms. The summed E-state index contributed by atoms with van der Waals surface area (Å²) in [6.07, 6.45) is 0.863. The van der Waals surface area contributed by atoms with E-state index in [2.05, 4.69) is 5.32 Å². The van der Waals surface area contributed by atoms with Crippen LogP contribution in [0.1, 0.15) is 22.3 Å². The van der Waals surface area contributed by atoms with Gasteiger partial charge in [-0.05, 0) is 31.0 Å². The van der Waals surface area contributed by atoms with Gasteiger partial charge < -0.3 is 20.9 Å². The molecule has 0 fully saturated rings. The molecule has 1 aromatic carbocycles. The fraction of sp³-hybridized carbons (Fsp3) is 0.417. The van der Waals surface area contributed by atoms with Crippen molar-refractivity contribution in [3.8, 4) is 0 Å². The van der Waals surface area contributed by atoms with Crippen LogP contribution in [0.4, 0.5) is 11.4 Å². The molecule has 0 radical (unpaired) electrons. The topological polar surface area (TPSA) is 84.6 Å². The van der Waals surface area contributed by atoms with E-state index in [0.717, 1.165) is 24.2 Å². The van der Waals surface area contributed by atoms with Crippen LogP contribution in [0.15, 0.2) is 12.1 Å². The van der Waals surface area contributed by atoms with E-state index in [1.54, 1.807) is 20.1 Å². The zero-order valence-electron chi connectivity index (χ0n) is 10.1. The lowest BCUT2D eigenvalue weighted by molar-refractivity contribution is 0.0698. The number of benzene rings is 1. The molecule has 17 heavy (non-hydrogen) atoms. The Balaban J connectivity index is 2.77. The second kappa shape index (κ2) is 6.10. The molecule has 4 N–H and O–H groups in total. The third-order valence-corrected chi connectivity index (χ3v) is 2.47. The van der Waals surface area contributed by atoms with E-state index in [-0.39, 0.29) is 5.56 Å². The van der Waals surface area contributed by atoms with Crippen molar-refractivity contribution in [1.29, 1.82) is 0 Å². The van der Waals surface area contributed by atoms with Crippen LogP contribution in [0, 0.1) is 6.92 Å².